The molecule has 0 saturated heterocycles. The van der Waals surface area contributed by atoms with E-state index in [1.165, 1.54) is 0 Å². The number of benzene rings is 2. The Labute approximate surface area is 154 Å². The van der Waals surface area contributed by atoms with E-state index in [9.17, 15) is 13.2 Å². The molecule has 0 radical (unpaired) electrons. The molecule has 4 nitrogen and oxygen atoms in total. The van der Waals surface area contributed by atoms with Crippen LogP contribution in [-0.4, -0.2) is 42.9 Å². The van der Waals surface area contributed by atoms with Crippen molar-refractivity contribution in [3.05, 3.63) is 48.0 Å². The minimum absolute atomic E-state index is 0.312. The quantitative estimate of drug-likeness (QED) is 0.657. The van der Waals surface area contributed by atoms with E-state index < -0.39 is 21.6 Å². The summed E-state index contributed by atoms with van der Waals surface area (Å²) in [5, 5.41) is 1.93. The molecule has 2 aromatic rings. The number of nitrogens with zero attached hydrogens (tertiary/aromatic N) is 1. The van der Waals surface area contributed by atoms with Gasteiger partial charge in [-0.3, -0.25) is 9.00 Å². The lowest BCUT2D eigenvalue weighted by atomic mass is 10.0. The van der Waals surface area contributed by atoms with Crippen LogP contribution in [0.3, 0.4) is 0 Å². The molecule has 0 heterocycles. The molecule has 1 amide bonds. The van der Waals surface area contributed by atoms with E-state index in [0.717, 1.165) is 29.2 Å². The van der Waals surface area contributed by atoms with Crippen molar-refractivity contribution in [1.29, 1.82) is 0 Å². The number of rotatable bonds is 8. The fourth-order valence-electron chi connectivity index (χ4n) is 2.75. The summed E-state index contributed by atoms with van der Waals surface area (Å²) < 4.78 is 23.2. The summed E-state index contributed by atoms with van der Waals surface area (Å²) in [6.07, 6.45) is 3.24. The minimum atomic E-state index is -1.50. The van der Waals surface area contributed by atoms with Crippen molar-refractivity contribution in [1.82, 2.24) is 4.90 Å². The predicted molar refractivity (Wildman–Crippen MR) is 107 cm³/mol. The number of hydrogen-bond donors (Lipinski definition) is 0. The molecule has 0 aliphatic rings. The normalized spacial score (nSPS) is 13.5. The third-order valence-corrected chi connectivity index (χ3v) is 6.10. The highest BCUT2D eigenvalue weighted by Crippen LogP contribution is 2.20. The van der Waals surface area contributed by atoms with Gasteiger partial charge in [0.15, 0.2) is 0 Å². The van der Waals surface area contributed by atoms with Crippen LogP contribution >= 0.6 is 0 Å². The molecule has 2 unspecified atom stereocenters. The number of amides is 1. The van der Waals surface area contributed by atoms with Crippen LogP contribution in [0.25, 0.3) is 10.8 Å². The summed E-state index contributed by atoms with van der Waals surface area (Å²) in [6, 6.07) is 14.1. The third-order valence-electron chi connectivity index (χ3n) is 4.07. The molecule has 0 N–H and O–H groups in total. The Morgan fingerprint density at radius 2 is 1.76 bits per heavy atom. The van der Waals surface area contributed by atoms with Crippen molar-refractivity contribution in [3.63, 3.8) is 0 Å². The number of carbonyl (C=O) groups excluding carboxylic acids is 1. The van der Waals surface area contributed by atoms with Gasteiger partial charge in [0, 0.05) is 41.7 Å². The first kappa shape index (κ1) is 19.8. The van der Waals surface area contributed by atoms with Gasteiger partial charge in [-0.05, 0) is 29.2 Å². The summed E-state index contributed by atoms with van der Waals surface area (Å²) >= 11 is 0. The standard InChI is InChI=1S/C19H25NO3S2/c1-3-25(23)19(21)20(13-6-7-14-24(2)22)15-17-11-8-10-16-9-4-5-12-18(16)17/h4-5,8-12H,3,6-7,13-15H2,1-2H3. The smallest absolute Gasteiger partial charge is 0.312 e. The fourth-order valence-corrected chi connectivity index (χ4v) is 4.05. The van der Waals surface area contributed by atoms with Crippen LogP contribution in [-0.2, 0) is 28.1 Å². The molecule has 0 bridgehead atoms. The van der Waals surface area contributed by atoms with E-state index in [1.807, 2.05) is 42.5 Å². The Balaban J connectivity index is 2.17. The Kier molecular flexibility index (Phi) is 7.78. The highest BCUT2D eigenvalue weighted by Gasteiger charge is 2.19. The third kappa shape index (κ3) is 5.75. The lowest BCUT2D eigenvalue weighted by Crippen LogP contribution is -2.34. The maximum absolute atomic E-state index is 12.5. The van der Waals surface area contributed by atoms with Crippen molar-refractivity contribution >= 4 is 37.6 Å². The molecule has 6 heteroatoms. The monoisotopic (exact) mass is 379 g/mol. The lowest BCUT2D eigenvalue weighted by Gasteiger charge is -2.23. The summed E-state index contributed by atoms with van der Waals surface area (Å²) in [5.41, 5.74) is 1.05. The molecule has 2 aromatic carbocycles. The molecule has 0 spiro atoms. The van der Waals surface area contributed by atoms with Crippen molar-refractivity contribution in [2.45, 2.75) is 26.3 Å². The van der Waals surface area contributed by atoms with Gasteiger partial charge in [0.25, 0.3) is 0 Å². The summed E-state index contributed by atoms with van der Waals surface area (Å²) in [7, 11) is -2.32. The van der Waals surface area contributed by atoms with E-state index in [-0.39, 0.29) is 5.24 Å². The Morgan fingerprint density at radius 3 is 2.48 bits per heavy atom. The van der Waals surface area contributed by atoms with Gasteiger partial charge >= 0.3 is 5.24 Å². The Hall–Kier alpha value is -1.53. The average Bonchev–Trinajstić information content (AvgIpc) is 2.62. The van der Waals surface area contributed by atoms with Gasteiger partial charge in [0.1, 0.15) is 10.8 Å². The highest BCUT2D eigenvalue weighted by atomic mass is 32.2. The molecule has 0 aliphatic carbocycles. The SMILES string of the molecule is CCS(=O)C(=O)N(CCCCS(C)=O)Cc1cccc2ccccc12. The Bertz CT molecular complexity index is 771. The van der Waals surface area contributed by atoms with Gasteiger partial charge in [-0.1, -0.05) is 49.4 Å². The molecule has 0 aromatic heterocycles. The second-order valence-corrected chi connectivity index (χ2v) is 9.12. The Morgan fingerprint density at radius 1 is 1.04 bits per heavy atom. The van der Waals surface area contributed by atoms with Crippen LogP contribution in [0.15, 0.2) is 42.5 Å². The second-order valence-electron chi connectivity index (χ2n) is 5.94. The van der Waals surface area contributed by atoms with Crippen LogP contribution in [0.5, 0.6) is 0 Å². The van der Waals surface area contributed by atoms with Crippen LogP contribution in [0.1, 0.15) is 25.3 Å². The fraction of sp³-hybridized carbons (Fsp3) is 0.421. The summed E-state index contributed by atoms with van der Waals surface area (Å²) in [4.78, 5) is 14.2. The molecular formula is C19H25NO3S2. The van der Waals surface area contributed by atoms with Gasteiger partial charge in [-0.25, -0.2) is 4.21 Å². The van der Waals surface area contributed by atoms with Crippen molar-refractivity contribution in [3.8, 4) is 0 Å². The van der Waals surface area contributed by atoms with Gasteiger partial charge in [0.2, 0.25) is 0 Å². The topological polar surface area (TPSA) is 54.5 Å². The maximum atomic E-state index is 12.5. The van der Waals surface area contributed by atoms with E-state index >= 15 is 0 Å². The number of carbonyl (C=O) groups is 1. The first-order valence-corrected chi connectivity index (χ1v) is 11.5. The maximum Gasteiger partial charge on any atom is 0.312 e. The summed E-state index contributed by atoms with van der Waals surface area (Å²) in [6.45, 7) is 2.73. The predicted octanol–water partition coefficient (Wildman–Crippen LogP) is 3.69. The molecular weight excluding hydrogens is 354 g/mol. The molecule has 2 rings (SSSR count). The zero-order chi connectivity index (χ0) is 18.2. The van der Waals surface area contributed by atoms with Gasteiger partial charge in [-0.15, -0.1) is 0 Å². The number of unbranched alkanes of at least 4 members (excludes halogenated alkanes) is 1. The van der Waals surface area contributed by atoms with E-state index in [2.05, 4.69) is 0 Å². The van der Waals surface area contributed by atoms with Crippen LogP contribution < -0.4 is 0 Å². The minimum Gasteiger partial charge on any atom is -0.327 e. The van der Waals surface area contributed by atoms with E-state index in [4.69, 9.17) is 0 Å². The largest absolute Gasteiger partial charge is 0.327 e. The molecule has 25 heavy (non-hydrogen) atoms. The highest BCUT2D eigenvalue weighted by molar-refractivity contribution is 8.00. The first-order chi connectivity index (χ1) is 12.0. The number of fused-ring (bicyclic) bond motifs is 1. The summed E-state index contributed by atoms with van der Waals surface area (Å²) in [5.74, 6) is 0.955. The molecule has 2 atom stereocenters. The average molecular weight is 380 g/mol. The van der Waals surface area contributed by atoms with Gasteiger partial charge in [0.05, 0.1) is 0 Å². The van der Waals surface area contributed by atoms with E-state index in [1.54, 1.807) is 18.1 Å². The van der Waals surface area contributed by atoms with Crippen molar-refractivity contribution in [2.24, 2.45) is 0 Å². The van der Waals surface area contributed by atoms with Crippen LogP contribution in [0.2, 0.25) is 0 Å². The van der Waals surface area contributed by atoms with E-state index in [0.29, 0.717) is 24.6 Å². The molecule has 0 saturated carbocycles. The zero-order valence-electron chi connectivity index (χ0n) is 14.8. The molecule has 136 valence electrons. The van der Waals surface area contributed by atoms with Gasteiger partial charge < -0.3 is 4.90 Å². The van der Waals surface area contributed by atoms with Crippen LogP contribution in [0.4, 0.5) is 4.79 Å². The van der Waals surface area contributed by atoms with Crippen molar-refractivity contribution < 1.29 is 13.2 Å². The number of hydrogen-bond acceptors (Lipinski definition) is 3. The zero-order valence-corrected chi connectivity index (χ0v) is 16.4. The van der Waals surface area contributed by atoms with Crippen molar-refractivity contribution in [2.75, 3.05) is 24.3 Å². The lowest BCUT2D eigenvalue weighted by molar-refractivity contribution is 0.218. The molecule has 0 aliphatic heterocycles. The molecule has 0 fully saturated rings. The van der Waals surface area contributed by atoms with Gasteiger partial charge in [-0.2, -0.15) is 0 Å². The van der Waals surface area contributed by atoms with Crippen LogP contribution in [0, 0.1) is 0 Å². The second kappa shape index (κ2) is 9.82. The first-order valence-electron chi connectivity index (χ1n) is 8.47.